The maximum absolute atomic E-state index is 13.2. The zero-order valence-electron chi connectivity index (χ0n) is 11.4. The molecule has 21 heavy (non-hydrogen) atoms. The van der Waals surface area contributed by atoms with E-state index in [1.165, 1.54) is 12.1 Å². The van der Waals surface area contributed by atoms with Gasteiger partial charge in [0.15, 0.2) is 0 Å². The third-order valence-electron chi connectivity index (χ3n) is 3.88. The smallest absolute Gasteiger partial charge is 0.123 e. The average molecular weight is 351 g/mol. The molecule has 0 aliphatic carbocycles. The van der Waals surface area contributed by atoms with Gasteiger partial charge in [0.25, 0.3) is 0 Å². The lowest BCUT2D eigenvalue weighted by Gasteiger charge is -2.20. The summed E-state index contributed by atoms with van der Waals surface area (Å²) in [6.07, 6.45) is 1.37. The Labute approximate surface area is 131 Å². The quantitative estimate of drug-likeness (QED) is 0.900. The molecule has 3 rings (SSSR count). The molecule has 2 unspecified atom stereocenters. The Bertz CT molecular complexity index is 644. The summed E-state index contributed by atoms with van der Waals surface area (Å²) in [5.41, 5.74) is 1.98. The Morgan fingerprint density at radius 1 is 1.29 bits per heavy atom. The van der Waals surface area contributed by atoms with Crippen LogP contribution in [0.1, 0.15) is 23.5 Å². The van der Waals surface area contributed by atoms with E-state index in [0.717, 1.165) is 21.3 Å². The second-order valence-electron chi connectivity index (χ2n) is 5.33. The minimum absolute atomic E-state index is 0.00438. The summed E-state index contributed by atoms with van der Waals surface area (Å²) in [5, 5.41) is 9.69. The van der Waals surface area contributed by atoms with E-state index >= 15 is 0 Å². The van der Waals surface area contributed by atoms with Crippen molar-refractivity contribution in [3.8, 4) is 5.75 Å². The van der Waals surface area contributed by atoms with Gasteiger partial charge in [-0.3, -0.25) is 0 Å². The summed E-state index contributed by atoms with van der Waals surface area (Å²) in [5.74, 6) is 0.525. The highest BCUT2D eigenvalue weighted by Crippen LogP contribution is 2.35. The van der Waals surface area contributed by atoms with Crippen LogP contribution >= 0.6 is 15.9 Å². The van der Waals surface area contributed by atoms with Gasteiger partial charge in [0, 0.05) is 22.4 Å². The molecule has 1 heterocycles. The summed E-state index contributed by atoms with van der Waals surface area (Å²) in [7, 11) is 0. The first-order valence-electron chi connectivity index (χ1n) is 6.97. The lowest BCUT2D eigenvalue weighted by molar-refractivity contribution is 0.179. The van der Waals surface area contributed by atoms with E-state index in [4.69, 9.17) is 4.74 Å². The predicted molar refractivity (Wildman–Crippen MR) is 83.1 cm³/mol. The Hall–Kier alpha value is -1.39. The Morgan fingerprint density at radius 3 is 2.86 bits per heavy atom. The van der Waals surface area contributed by atoms with Gasteiger partial charge in [-0.15, -0.1) is 0 Å². The van der Waals surface area contributed by atoms with Crippen LogP contribution in [0.3, 0.4) is 0 Å². The topological polar surface area (TPSA) is 29.5 Å². The number of hydrogen-bond donors (Lipinski definition) is 1. The lowest BCUT2D eigenvalue weighted by atomic mass is 9.92. The van der Waals surface area contributed by atoms with Crippen LogP contribution < -0.4 is 4.74 Å². The van der Waals surface area contributed by atoms with Crippen molar-refractivity contribution < 1.29 is 14.2 Å². The van der Waals surface area contributed by atoms with E-state index in [2.05, 4.69) is 15.9 Å². The van der Waals surface area contributed by atoms with Gasteiger partial charge in [-0.1, -0.05) is 34.1 Å². The second kappa shape index (κ2) is 6.16. The van der Waals surface area contributed by atoms with Gasteiger partial charge < -0.3 is 9.84 Å². The third kappa shape index (κ3) is 3.11. The van der Waals surface area contributed by atoms with Crippen molar-refractivity contribution in [1.29, 1.82) is 0 Å². The maximum atomic E-state index is 13.2. The van der Waals surface area contributed by atoms with E-state index in [-0.39, 0.29) is 24.4 Å². The molecule has 0 saturated heterocycles. The van der Waals surface area contributed by atoms with Gasteiger partial charge in [-0.25, -0.2) is 4.39 Å². The Kier molecular flexibility index (Phi) is 4.27. The third-order valence-corrected chi connectivity index (χ3v) is 4.60. The molecular weight excluding hydrogens is 335 g/mol. The van der Waals surface area contributed by atoms with Crippen LogP contribution in [0.15, 0.2) is 46.9 Å². The molecule has 0 bridgehead atoms. The molecule has 4 heteroatoms. The summed E-state index contributed by atoms with van der Waals surface area (Å²) in [6, 6.07) is 12.5. The predicted octanol–water partition coefficient (Wildman–Crippen LogP) is 4.06. The highest BCUT2D eigenvalue weighted by atomic mass is 79.9. The first-order valence-corrected chi connectivity index (χ1v) is 7.77. The highest BCUT2D eigenvalue weighted by Gasteiger charge is 2.27. The highest BCUT2D eigenvalue weighted by molar-refractivity contribution is 9.10. The number of benzene rings is 2. The molecule has 1 aliphatic heterocycles. The molecule has 2 aromatic rings. The van der Waals surface area contributed by atoms with Crippen LogP contribution in [0, 0.1) is 5.82 Å². The molecule has 2 atom stereocenters. The summed E-state index contributed by atoms with van der Waals surface area (Å²) in [6.45, 7) is 0.0627. The zero-order chi connectivity index (χ0) is 14.8. The minimum atomic E-state index is -0.234. The van der Waals surface area contributed by atoms with Crippen LogP contribution in [-0.4, -0.2) is 17.8 Å². The van der Waals surface area contributed by atoms with Gasteiger partial charge in [0.05, 0.1) is 6.61 Å². The van der Waals surface area contributed by atoms with Crippen LogP contribution in [0.2, 0.25) is 0 Å². The molecule has 1 aliphatic rings. The van der Waals surface area contributed by atoms with Crippen molar-refractivity contribution in [3.05, 3.63) is 63.9 Å². The van der Waals surface area contributed by atoms with E-state index in [9.17, 15) is 9.50 Å². The fourth-order valence-electron chi connectivity index (χ4n) is 2.84. The van der Waals surface area contributed by atoms with Crippen molar-refractivity contribution in [1.82, 2.24) is 0 Å². The number of fused-ring (bicyclic) bond motifs is 1. The molecular formula is C17H16BrFO2. The van der Waals surface area contributed by atoms with Crippen molar-refractivity contribution in [2.45, 2.75) is 24.9 Å². The number of aliphatic hydroxyl groups is 1. The molecule has 110 valence electrons. The number of rotatable bonds is 4. The Balaban J connectivity index is 1.74. The molecule has 1 N–H and O–H groups in total. The second-order valence-corrected chi connectivity index (χ2v) is 6.19. The van der Waals surface area contributed by atoms with Crippen molar-refractivity contribution >= 4 is 15.9 Å². The molecule has 0 fully saturated rings. The van der Waals surface area contributed by atoms with E-state index in [1.54, 1.807) is 6.07 Å². The van der Waals surface area contributed by atoms with Crippen molar-refractivity contribution in [2.75, 3.05) is 6.61 Å². The number of hydrogen-bond acceptors (Lipinski definition) is 2. The molecule has 0 radical (unpaired) electrons. The number of aliphatic hydroxyl groups excluding tert-OH is 1. The van der Waals surface area contributed by atoms with Crippen LogP contribution in [0.25, 0.3) is 0 Å². The fraction of sp³-hybridized carbons (Fsp3) is 0.294. The molecule has 0 saturated carbocycles. The van der Waals surface area contributed by atoms with E-state index in [0.29, 0.717) is 12.8 Å². The van der Waals surface area contributed by atoms with E-state index < -0.39 is 0 Å². The molecule has 2 nitrogen and oxygen atoms in total. The van der Waals surface area contributed by atoms with Gasteiger partial charge >= 0.3 is 0 Å². The van der Waals surface area contributed by atoms with Gasteiger partial charge in [-0.2, -0.15) is 0 Å². The van der Waals surface area contributed by atoms with Crippen molar-refractivity contribution in [2.24, 2.45) is 0 Å². The van der Waals surface area contributed by atoms with Crippen LogP contribution in [-0.2, 0) is 6.42 Å². The van der Waals surface area contributed by atoms with Gasteiger partial charge in [0.1, 0.15) is 17.7 Å². The number of halogens is 2. The van der Waals surface area contributed by atoms with Gasteiger partial charge in [0.2, 0.25) is 0 Å². The largest absolute Gasteiger partial charge is 0.490 e. The molecule has 0 amide bonds. The molecule has 0 spiro atoms. The summed E-state index contributed by atoms with van der Waals surface area (Å²) in [4.78, 5) is 0. The van der Waals surface area contributed by atoms with Crippen LogP contribution in [0.5, 0.6) is 5.75 Å². The normalized spacial score (nSPS) is 18.1. The minimum Gasteiger partial charge on any atom is -0.490 e. The summed E-state index contributed by atoms with van der Waals surface area (Å²) >= 11 is 3.52. The molecule has 0 aromatic heterocycles. The fourth-order valence-corrected chi connectivity index (χ4v) is 3.45. The number of ether oxygens (including phenoxy) is 1. The van der Waals surface area contributed by atoms with Crippen LogP contribution in [0.4, 0.5) is 4.39 Å². The Morgan fingerprint density at radius 2 is 2.10 bits per heavy atom. The zero-order valence-corrected chi connectivity index (χ0v) is 13.0. The first-order chi connectivity index (χ1) is 10.2. The SMILES string of the molecule is OCC(CC1Cc2cc(F)ccc2O1)c1ccccc1Br. The summed E-state index contributed by atoms with van der Waals surface area (Å²) < 4.78 is 20.1. The van der Waals surface area contributed by atoms with E-state index in [1.807, 2.05) is 24.3 Å². The molecule has 2 aromatic carbocycles. The first kappa shape index (κ1) is 14.5. The monoisotopic (exact) mass is 350 g/mol. The standard InChI is InChI=1S/C17H16BrFO2/c18-16-4-2-1-3-15(16)12(10-20)9-14-8-11-7-13(19)5-6-17(11)21-14/h1-7,12,14,20H,8-10H2. The maximum Gasteiger partial charge on any atom is 0.123 e. The van der Waals surface area contributed by atoms with Gasteiger partial charge in [-0.05, 0) is 36.2 Å². The average Bonchev–Trinajstić information content (AvgIpc) is 2.87. The lowest BCUT2D eigenvalue weighted by Crippen LogP contribution is -2.19. The van der Waals surface area contributed by atoms with Crippen molar-refractivity contribution in [3.63, 3.8) is 0 Å².